The predicted octanol–water partition coefficient (Wildman–Crippen LogP) is 1.06. The van der Waals surface area contributed by atoms with Crippen LogP contribution in [0.2, 0.25) is 0 Å². The van der Waals surface area contributed by atoms with Crippen molar-refractivity contribution in [2.75, 3.05) is 19.6 Å². The summed E-state index contributed by atoms with van der Waals surface area (Å²) in [6.07, 6.45) is 2.04. The molecule has 0 aliphatic carbocycles. The first kappa shape index (κ1) is 17.6. The molecule has 2 aromatic rings. The van der Waals surface area contributed by atoms with Crippen LogP contribution in [0.15, 0.2) is 34.7 Å². The maximum absolute atomic E-state index is 12.7. The number of likely N-dealkylation sites (tertiary alicyclic amines) is 1. The molecule has 1 amide bonds. The minimum absolute atomic E-state index is 0.176. The summed E-state index contributed by atoms with van der Waals surface area (Å²) in [5, 5.41) is 21.5. The predicted molar refractivity (Wildman–Crippen MR) is 91.7 cm³/mol. The Kier molecular flexibility index (Phi) is 5.45. The van der Waals surface area contributed by atoms with Gasteiger partial charge in [-0.1, -0.05) is 30.3 Å². The van der Waals surface area contributed by atoms with Gasteiger partial charge in [0, 0.05) is 26.6 Å². The van der Waals surface area contributed by atoms with Gasteiger partial charge in [0.25, 0.3) is 5.91 Å². The summed E-state index contributed by atoms with van der Waals surface area (Å²) >= 11 is 0. The number of carbonyl (C=O) groups excluding carboxylic acids is 1. The molecule has 1 aromatic heterocycles. The van der Waals surface area contributed by atoms with E-state index in [0.29, 0.717) is 37.8 Å². The molecule has 2 N–H and O–H groups in total. The third kappa shape index (κ3) is 4.43. The maximum Gasteiger partial charge on any atom is 0.255 e. The highest BCUT2D eigenvalue weighted by molar-refractivity contribution is 5.86. The van der Waals surface area contributed by atoms with E-state index < -0.39 is 5.60 Å². The van der Waals surface area contributed by atoms with E-state index in [0.717, 1.165) is 12.8 Å². The number of carbonyl (C=O) groups is 1. The number of nitrogens with one attached hydrogen (secondary N) is 1. The van der Waals surface area contributed by atoms with Crippen LogP contribution < -0.4 is 5.32 Å². The summed E-state index contributed by atoms with van der Waals surface area (Å²) in [4.78, 5) is 14.5. The number of rotatable bonds is 7. The van der Waals surface area contributed by atoms with Crippen LogP contribution in [0.5, 0.6) is 0 Å². The zero-order chi connectivity index (χ0) is 17.7. The molecule has 0 bridgehead atoms. The minimum Gasteiger partial charge on any atom is -0.424 e. The summed E-state index contributed by atoms with van der Waals surface area (Å²) < 4.78 is 5.28. The van der Waals surface area contributed by atoms with Gasteiger partial charge in [0.05, 0.1) is 6.54 Å². The van der Waals surface area contributed by atoms with E-state index in [2.05, 4.69) is 27.6 Å². The normalized spacial score (nSPS) is 20.9. The third-order valence-electron chi connectivity index (χ3n) is 4.48. The van der Waals surface area contributed by atoms with Gasteiger partial charge >= 0.3 is 0 Å². The first-order valence-electron chi connectivity index (χ1n) is 8.62. The molecule has 3 rings (SSSR count). The number of aryl methyl sites for hydroxylation is 1. The van der Waals surface area contributed by atoms with Crippen molar-refractivity contribution in [2.45, 2.75) is 38.3 Å². The first-order valence-corrected chi connectivity index (χ1v) is 8.62. The lowest BCUT2D eigenvalue weighted by molar-refractivity contribution is -0.156. The number of aromatic nitrogens is 2. The van der Waals surface area contributed by atoms with Crippen molar-refractivity contribution >= 4 is 5.91 Å². The van der Waals surface area contributed by atoms with Crippen molar-refractivity contribution in [3.63, 3.8) is 0 Å². The van der Waals surface area contributed by atoms with Crippen LogP contribution in [0.1, 0.15) is 30.2 Å². The molecule has 0 unspecified atom stereocenters. The Hall–Kier alpha value is -2.25. The van der Waals surface area contributed by atoms with E-state index >= 15 is 0 Å². The van der Waals surface area contributed by atoms with Gasteiger partial charge in [-0.05, 0) is 24.8 Å². The molecule has 0 spiro atoms. The van der Waals surface area contributed by atoms with Crippen molar-refractivity contribution in [3.05, 3.63) is 47.7 Å². The molecule has 1 aromatic carbocycles. The standard InChI is InChI=1S/C18H24N4O3/c1-14-20-21-16(25-14)12-19-13-18(24)9-5-10-22(17(18)23)11-8-15-6-3-2-4-7-15/h2-4,6-7,19,24H,5,8-13H2,1H3/t18-/m0/s1. The fourth-order valence-electron chi connectivity index (χ4n) is 3.14. The highest BCUT2D eigenvalue weighted by Crippen LogP contribution is 2.22. The number of amides is 1. The summed E-state index contributed by atoms with van der Waals surface area (Å²) in [5.74, 6) is 0.741. The molecule has 7 nitrogen and oxygen atoms in total. The van der Waals surface area contributed by atoms with Crippen LogP contribution in [0.3, 0.4) is 0 Å². The quantitative estimate of drug-likeness (QED) is 0.780. The lowest BCUT2D eigenvalue weighted by atomic mass is 9.91. The summed E-state index contributed by atoms with van der Waals surface area (Å²) in [6.45, 7) is 3.54. The molecule has 1 saturated heterocycles. The monoisotopic (exact) mass is 344 g/mol. The molecule has 134 valence electrons. The van der Waals surface area contributed by atoms with Gasteiger partial charge in [0.15, 0.2) is 5.60 Å². The molecular formula is C18H24N4O3. The Labute approximate surface area is 147 Å². The van der Waals surface area contributed by atoms with Crippen LogP contribution in [0.25, 0.3) is 0 Å². The van der Waals surface area contributed by atoms with Crippen LogP contribution in [-0.4, -0.2) is 51.3 Å². The number of hydrogen-bond acceptors (Lipinski definition) is 6. The van der Waals surface area contributed by atoms with E-state index in [1.807, 2.05) is 18.2 Å². The average Bonchev–Trinajstić information content (AvgIpc) is 3.03. The molecule has 7 heteroatoms. The fourth-order valence-corrected chi connectivity index (χ4v) is 3.14. The molecule has 2 heterocycles. The van der Waals surface area contributed by atoms with Gasteiger partial charge < -0.3 is 19.7 Å². The van der Waals surface area contributed by atoms with Crippen molar-refractivity contribution < 1.29 is 14.3 Å². The average molecular weight is 344 g/mol. The van der Waals surface area contributed by atoms with E-state index in [-0.39, 0.29) is 12.5 Å². The van der Waals surface area contributed by atoms with E-state index in [9.17, 15) is 9.90 Å². The van der Waals surface area contributed by atoms with Gasteiger partial charge in [0.2, 0.25) is 11.8 Å². The van der Waals surface area contributed by atoms with Crippen molar-refractivity contribution in [1.29, 1.82) is 0 Å². The van der Waals surface area contributed by atoms with Crippen molar-refractivity contribution in [1.82, 2.24) is 20.4 Å². The highest BCUT2D eigenvalue weighted by Gasteiger charge is 2.41. The summed E-state index contributed by atoms with van der Waals surface area (Å²) in [7, 11) is 0. The molecule has 1 aliphatic heterocycles. The smallest absolute Gasteiger partial charge is 0.255 e. The second-order valence-electron chi connectivity index (χ2n) is 6.48. The van der Waals surface area contributed by atoms with E-state index in [4.69, 9.17) is 4.42 Å². The zero-order valence-electron chi connectivity index (χ0n) is 14.4. The number of benzene rings is 1. The Morgan fingerprint density at radius 3 is 2.84 bits per heavy atom. The second-order valence-corrected chi connectivity index (χ2v) is 6.48. The van der Waals surface area contributed by atoms with Crippen molar-refractivity contribution in [2.24, 2.45) is 0 Å². The molecule has 1 atom stereocenters. The van der Waals surface area contributed by atoms with Crippen LogP contribution in [0.4, 0.5) is 0 Å². The number of piperidine rings is 1. The maximum atomic E-state index is 12.7. The molecule has 25 heavy (non-hydrogen) atoms. The number of aliphatic hydroxyl groups is 1. The van der Waals surface area contributed by atoms with Crippen LogP contribution >= 0.6 is 0 Å². The highest BCUT2D eigenvalue weighted by atomic mass is 16.4. The van der Waals surface area contributed by atoms with E-state index in [1.54, 1.807) is 11.8 Å². The van der Waals surface area contributed by atoms with Gasteiger partial charge in [-0.2, -0.15) is 0 Å². The number of hydrogen-bond donors (Lipinski definition) is 2. The number of nitrogens with zero attached hydrogens (tertiary/aromatic N) is 3. The fraction of sp³-hybridized carbons (Fsp3) is 0.500. The SMILES string of the molecule is Cc1nnc(CNC[C@@]2(O)CCCN(CCc3ccccc3)C2=O)o1. The van der Waals surface area contributed by atoms with Gasteiger partial charge in [-0.3, -0.25) is 4.79 Å². The topological polar surface area (TPSA) is 91.5 Å². The van der Waals surface area contributed by atoms with E-state index in [1.165, 1.54) is 5.56 Å². The Bertz CT molecular complexity index is 703. The molecule has 1 aliphatic rings. The molecule has 1 fully saturated rings. The van der Waals surface area contributed by atoms with Crippen LogP contribution in [-0.2, 0) is 17.8 Å². The van der Waals surface area contributed by atoms with Gasteiger partial charge in [0.1, 0.15) is 0 Å². The van der Waals surface area contributed by atoms with Crippen LogP contribution in [0, 0.1) is 6.92 Å². The second kappa shape index (κ2) is 7.76. The minimum atomic E-state index is -1.37. The Morgan fingerprint density at radius 1 is 1.32 bits per heavy atom. The van der Waals surface area contributed by atoms with Gasteiger partial charge in [-0.25, -0.2) is 0 Å². The summed E-state index contributed by atoms with van der Waals surface area (Å²) in [5.41, 5.74) is -0.182. The van der Waals surface area contributed by atoms with Gasteiger partial charge in [-0.15, -0.1) is 10.2 Å². The lowest BCUT2D eigenvalue weighted by Crippen LogP contribution is -2.58. The summed E-state index contributed by atoms with van der Waals surface area (Å²) in [6, 6.07) is 10.1. The largest absolute Gasteiger partial charge is 0.424 e. The molecule has 0 radical (unpaired) electrons. The third-order valence-corrected chi connectivity index (χ3v) is 4.48. The zero-order valence-corrected chi connectivity index (χ0v) is 14.4. The lowest BCUT2D eigenvalue weighted by Gasteiger charge is -2.38. The Balaban J connectivity index is 1.52. The molecular weight excluding hydrogens is 320 g/mol. The van der Waals surface area contributed by atoms with Crippen molar-refractivity contribution in [3.8, 4) is 0 Å². The first-order chi connectivity index (χ1) is 12.1. The Morgan fingerprint density at radius 2 is 2.12 bits per heavy atom. The molecule has 0 saturated carbocycles.